The van der Waals surface area contributed by atoms with E-state index in [9.17, 15) is 9.59 Å². The molecule has 2 N–H and O–H groups in total. The molecule has 2 aliphatic heterocycles. The highest BCUT2D eigenvalue weighted by atomic mass is 16.2. The van der Waals surface area contributed by atoms with Gasteiger partial charge in [-0.05, 0) is 12.1 Å². The lowest BCUT2D eigenvalue weighted by Gasteiger charge is -2.12. The fourth-order valence-corrected chi connectivity index (χ4v) is 1.60. The molecule has 3 rings (SSSR count). The first-order valence-corrected chi connectivity index (χ1v) is 5.95. The zero-order valence-electron chi connectivity index (χ0n) is 9.85. The molecule has 0 atom stereocenters. The third-order valence-corrected chi connectivity index (χ3v) is 2.88. The zero-order chi connectivity index (χ0) is 12.5. The van der Waals surface area contributed by atoms with E-state index in [0.29, 0.717) is 11.4 Å². The summed E-state index contributed by atoms with van der Waals surface area (Å²) >= 11 is 0. The number of anilines is 2. The van der Waals surface area contributed by atoms with Gasteiger partial charge in [0, 0.05) is 26.2 Å². The number of hydrogen-bond donors (Lipinski definition) is 2. The highest BCUT2D eigenvalue weighted by Crippen LogP contribution is 2.23. The summed E-state index contributed by atoms with van der Waals surface area (Å²) in [5.41, 5.74) is 1.26. The second-order valence-electron chi connectivity index (χ2n) is 4.38. The van der Waals surface area contributed by atoms with Gasteiger partial charge >= 0.3 is 12.1 Å². The van der Waals surface area contributed by atoms with Crippen LogP contribution in [0.2, 0.25) is 0 Å². The Morgan fingerprint density at radius 1 is 0.833 bits per heavy atom. The fraction of sp³-hybridized carbons (Fsp3) is 0.333. The molecule has 2 heterocycles. The van der Waals surface area contributed by atoms with Gasteiger partial charge in [0.1, 0.15) is 0 Å². The molecule has 0 unspecified atom stereocenters. The van der Waals surface area contributed by atoms with Gasteiger partial charge in [-0.25, -0.2) is 9.59 Å². The lowest BCUT2D eigenvalue weighted by molar-refractivity contribution is 0.240. The van der Waals surface area contributed by atoms with Crippen LogP contribution in [0.15, 0.2) is 24.3 Å². The van der Waals surface area contributed by atoms with Crippen molar-refractivity contribution in [3.63, 3.8) is 0 Å². The van der Waals surface area contributed by atoms with Gasteiger partial charge in [0.25, 0.3) is 0 Å². The average Bonchev–Trinajstić information content (AvgIpc) is 3.22. The van der Waals surface area contributed by atoms with Crippen LogP contribution in [0.25, 0.3) is 0 Å². The molecule has 1 aromatic carbocycles. The molecular weight excluding hydrogens is 232 g/mol. The number of rotatable bonds is 2. The maximum absolute atomic E-state index is 11.7. The number of carbonyl (C=O) groups excluding carboxylic acids is 2. The Balaban J connectivity index is 1.71. The molecule has 0 bridgehead atoms. The first-order chi connectivity index (χ1) is 8.74. The van der Waals surface area contributed by atoms with E-state index in [1.807, 2.05) is 12.1 Å². The Kier molecular flexibility index (Phi) is 2.55. The number of nitrogens with zero attached hydrogens (tertiary/aromatic N) is 2. The highest BCUT2D eigenvalue weighted by Gasteiger charge is 2.26. The van der Waals surface area contributed by atoms with E-state index in [1.165, 1.54) is 0 Å². The van der Waals surface area contributed by atoms with Crippen molar-refractivity contribution < 1.29 is 9.59 Å². The van der Waals surface area contributed by atoms with Crippen molar-refractivity contribution in [3.05, 3.63) is 24.3 Å². The third kappa shape index (κ3) is 2.37. The number of urea groups is 2. The van der Waals surface area contributed by atoms with Gasteiger partial charge in [0.15, 0.2) is 0 Å². The normalized spacial score (nSPS) is 16.2. The molecular formula is C12H14N4O2. The number of carbonyl (C=O) groups is 2. The molecule has 0 aliphatic carbocycles. The predicted octanol–water partition coefficient (Wildman–Crippen LogP) is 1.38. The van der Waals surface area contributed by atoms with Crippen molar-refractivity contribution in [1.82, 2.24) is 9.80 Å². The number of nitrogens with one attached hydrogen (secondary N) is 2. The van der Waals surface area contributed by atoms with Gasteiger partial charge in [0.05, 0.1) is 11.4 Å². The molecule has 1 aromatic rings. The number of benzene rings is 1. The molecule has 18 heavy (non-hydrogen) atoms. The van der Waals surface area contributed by atoms with E-state index in [2.05, 4.69) is 10.6 Å². The van der Waals surface area contributed by atoms with E-state index in [0.717, 1.165) is 26.2 Å². The third-order valence-electron chi connectivity index (χ3n) is 2.88. The minimum absolute atomic E-state index is 0.122. The Labute approximate surface area is 105 Å². The summed E-state index contributed by atoms with van der Waals surface area (Å²) in [6.45, 7) is 3.20. The highest BCUT2D eigenvalue weighted by molar-refractivity contribution is 5.99. The number of hydrogen-bond acceptors (Lipinski definition) is 2. The quantitative estimate of drug-likeness (QED) is 0.774. The van der Waals surface area contributed by atoms with Crippen LogP contribution < -0.4 is 10.6 Å². The van der Waals surface area contributed by atoms with Crippen molar-refractivity contribution in [2.75, 3.05) is 36.8 Å². The van der Waals surface area contributed by atoms with Crippen LogP contribution in [0.1, 0.15) is 0 Å². The Morgan fingerprint density at radius 2 is 1.22 bits per heavy atom. The molecule has 2 saturated heterocycles. The molecule has 4 amide bonds. The van der Waals surface area contributed by atoms with Gasteiger partial charge < -0.3 is 20.4 Å². The predicted molar refractivity (Wildman–Crippen MR) is 67.6 cm³/mol. The fourth-order valence-electron chi connectivity index (χ4n) is 1.60. The summed E-state index contributed by atoms with van der Waals surface area (Å²) in [4.78, 5) is 26.7. The van der Waals surface area contributed by atoms with Crippen molar-refractivity contribution in [1.29, 1.82) is 0 Å². The average molecular weight is 246 g/mol. The SMILES string of the molecule is O=C(Nc1ccccc1NC(=O)N1CC1)N1CC1. The van der Waals surface area contributed by atoms with Crippen LogP contribution in [-0.2, 0) is 0 Å². The van der Waals surface area contributed by atoms with Crippen LogP contribution >= 0.6 is 0 Å². The summed E-state index contributed by atoms with van der Waals surface area (Å²) in [6, 6.07) is 6.96. The largest absolute Gasteiger partial charge is 0.322 e. The van der Waals surface area contributed by atoms with Crippen LogP contribution in [-0.4, -0.2) is 48.0 Å². The van der Waals surface area contributed by atoms with Gasteiger partial charge in [-0.1, -0.05) is 12.1 Å². The molecule has 0 saturated carbocycles. The number of amides is 4. The van der Waals surface area contributed by atoms with E-state index in [-0.39, 0.29) is 12.1 Å². The lowest BCUT2D eigenvalue weighted by Crippen LogP contribution is -2.22. The van der Waals surface area contributed by atoms with Crippen LogP contribution in [0, 0.1) is 0 Å². The molecule has 2 aliphatic rings. The molecule has 6 nitrogen and oxygen atoms in total. The van der Waals surface area contributed by atoms with E-state index in [1.54, 1.807) is 21.9 Å². The number of para-hydroxylation sites is 2. The second-order valence-corrected chi connectivity index (χ2v) is 4.38. The van der Waals surface area contributed by atoms with E-state index >= 15 is 0 Å². The minimum atomic E-state index is -0.122. The minimum Gasteiger partial charge on any atom is -0.321 e. The second kappa shape index (κ2) is 4.21. The molecule has 6 heteroatoms. The summed E-state index contributed by atoms with van der Waals surface area (Å²) < 4.78 is 0. The van der Waals surface area contributed by atoms with Crippen molar-refractivity contribution in [2.45, 2.75) is 0 Å². The van der Waals surface area contributed by atoms with Crippen molar-refractivity contribution in [2.24, 2.45) is 0 Å². The Morgan fingerprint density at radius 3 is 1.56 bits per heavy atom. The standard InChI is InChI=1S/C12H14N4O2/c17-11(15-5-6-15)13-9-3-1-2-4-10(9)14-12(18)16-7-8-16/h1-4H,5-8H2,(H,13,17)(H,14,18). The summed E-state index contributed by atoms with van der Waals surface area (Å²) in [7, 11) is 0. The zero-order valence-corrected chi connectivity index (χ0v) is 9.85. The maximum Gasteiger partial charge on any atom is 0.322 e. The smallest absolute Gasteiger partial charge is 0.321 e. The monoisotopic (exact) mass is 246 g/mol. The van der Waals surface area contributed by atoms with Crippen LogP contribution in [0.3, 0.4) is 0 Å². The topological polar surface area (TPSA) is 64.2 Å². The maximum atomic E-state index is 11.7. The van der Waals surface area contributed by atoms with Gasteiger partial charge in [-0.3, -0.25) is 0 Å². The van der Waals surface area contributed by atoms with E-state index in [4.69, 9.17) is 0 Å². The summed E-state index contributed by atoms with van der Waals surface area (Å²) in [5.74, 6) is 0. The molecule has 94 valence electrons. The van der Waals surface area contributed by atoms with Crippen molar-refractivity contribution >= 4 is 23.4 Å². The van der Waals surface area contributed by atoms with Crippen LogP contribution in [0.5, 0.6) is 0 Å². The summed E-state index contributed by atoms with van der Waals surface area (Å²) in [6.07, 6.45) is 0. The molecule has 2 fully saturated rings. The molecule has 0 aromatic heterocycles. The van der Waals surface area contributed by atoms with Gasteiger partial charge in [-0.2, -0.15) is 0 Å². The first kappa shape index (κ1) is 10.9. The van der Waals surface area contributed by atoms with E-state index < -0.39 is 0 Å². The van der Waals surface area contributed by atoms with Gasteiger partial charge in [-0.15, -0.1) is 0 Å². The van der Waals surface area contributed by atoms with Crippen LogP contribution in [0.4, 0.5) is 21.0 Å². The van der Waals surface area contributed by atoms with Gasteiger partial charge in [0.2, 0.25) is 0 Å². The van der Waals surface area contributed by atoms with Crippen molar-refractivity contribution in [3.8, 4) is 0 Å². The molecule has 0 radical (unpaired) electrons. The lowest BCUT2D eigenvalue weighted by atomic mass is 10.2. The molecule has 0 spiro atoms. The Hall–Kier alpha value is -2.24. The first-order valence-electron chi connectivity index (χ1n) is 5.95. The Bertz CT molecular complexity index is 450. The summed E-state index contributed by atoms with van der Waals surface area (Å²) in [5, 5.41) is 5.58.